The molecule has 0 saturated heterocycles. The lowest BCUT2D eigenvalue weighted by Gasteiger charge is -1.99. The molecule has 0 radical (unpaired) electrons. The van der Waals surface area contributed by atoms with Crippen LogP contribution in [0.5, 0.6) is 0 Å². The van der Waals surface area contributed by atoms with Gasteiger partial charge in [0, 0.05) is 0 Å². The maximum Gasteiger partial charge on any atom is 0.234 e. The SMILES string of the molecule is Cc1nnc(-n2nnc(CO)c2/C=C/c2ccccc2)s1. The molecule has 0 unspecified atom stereocenters. The molecule has 0 amide bonds. The van der Waals surface area contributed by atoms with Crippen LogP contribution >= 0.6 is 11.3 Å². The van der Waals surface area contributed by atoms with E-state index in [1.54, 1.807) is 4.68 Å². The first kappa shape index (κ1) is 13.6. The zero-order chi connectivity index (χ0) is 14.7. The predicted octanol–water partition coefficient (Wildman–Crippen LogP) is 2.09. The monoisotopic (exact) mass is 299 g/mol. The van der Waals surface area contributed by atoms with Gasteiger partial charge in [0.15, 0.2) is 0 Å². The van der Waals surface area contributed by atoms with Crippen LogP contribution in [-0.4, -0.2) is 30.3 Å². The smallest absolute Gasteiger partial charge is 0.234 e. The lowest BCUT2D eigenvalue weighted by atomic mass is 10.2. The molecule has 106 valence electrons. The molecule has 1 aromatic carbocycles. The number of hydrogen-bond acceptors (Lipinski definition) is 6. The number of nitrogens with zero attached hydrogens (tertiary/aromatic N) is 5. The van der Waals surface area contributed by atoms with Gasteiger partial charge < -0.3 is 5.11 Å². The van der Waals surface area contributed by atoms with Crippen LogP contribution in [-0.2, 0) is 6.61 Å². The third-order valence-electron chi connectivity index (χ3n) is 2.86. The molecule has 6 nitrogen and oxygen atoms in total. The first-order valence-electron chi connectivity index (χ1n) is 6.37. The third-order valence-corrected chi connectivity index (χ3v) is 3.67. The molecule has 2 aromatic heterocycles. The lowest BCUT2D eigenvalue weighted by Crippen LogP contribution is -1.99. The van der Waals surface area contributed by atoms with Gasteiger partial charge in [0.2, 0.25) is 5.13 Å². The predicted molar refractivity (Wildman–Crippen MR) is 80.9 cm³/mol. The number of benzene rings is 1. The van der Waals surface area contributed by atoms with E-state index < -0.39 is 0 Å². The van der Waals surface area contributed by atoms with Gasteiger partial charge in [-0.05, 0) is 18.6 Å². The van der Waals surface area contributed by atoms with Gasteiger partial charge >= 0.3 is 0 Å². The van der Waals surface area contributed by atoms with Crippen molar-refractivity contribution >= 4 is 23.5 Å². The normalized spacial score (nSPS) is 11.3. The van der Waals surface area contributed by atoms with E-state index in [-0.39, 0.29) is 6.61 Å². The van der Waals surface area contributed by atoms with Crippen LogP contribution in [0.4, 0.5) is 0 Å². The second kappa shape index (κ2) is 5.94. The van der Waals surface area contributed by atoms with E-state index >= 15 is 0 Å². The summed E-state index contributed by atoms with van der Waals surface area (Å²) in [5.41, 5.74) is 2.27. The van der Waals surface area contributed by atoms with Gasteiger partial charge in [0.05, 0.1) is 12.3 Å². The third kappa shape index (κ3) is 2.88. The number of aromatic nitrogens is 5. The van der Waals surface area contributed by atoms with Crippen LogP contribution < -0.4 is 0 Å². The van der Waals surface area contributed by atoms with Crippen LogP contribution in [0, 0.1) is 6.92 Å². The summed E-state index contributed by atoms with van der Waals surface area (Å²) in [6.45, 7) is 1.71. The first-order chi connectivity index (χ1) is 10.3. The van der Waals surface area contributed by atoms with Crippen LogP contribution in [0.1, 0.15) is 22.0 Å². The largest absolute Gasteiger partial charge is 0.390 e. The Kier molecular flexibility index (Phi) is 3.85. The van der Waals surface area contributed by atoms with E-state index in [4.69, 9.17) is 0 Å². The zero-order valence-corrected chi connectivity index (χ0v) is 12.2. The van der Waals surface area contributed by atoms with E-state index in [0.29, 0.717) is 16.5 Å². The van der Waals surface area contributed by atoms with E-state index in [1.807, 2.05) is 49.4 Å². The van der Waals surface area contributed by atoms with Gasteiger partial charge in [-0.25, -0.2) is 0 Å². The Balaban J connectivity index is 2.00. The highest BCUT2D eigenvalue weighted by atomic mass is 32.1. The van der Waals surface area contributed by atoms with Gasteiger partial charge in [-0.1, -0.05) is 53.0 Å². The second-order valence-corrected chi connectivity index (χ2v) is 5.50. The molecule has 0 bridgehead atoms. The van der Waals surface area contributed by atoms with E-state index in [2.05, 4.69) is 20.5 Å². The summed E-state index contributed by atoms with van der Waals surface area (Å²) in [6.07, 6.45) is 3.82. The Labute approximate surface area is 125 Å². The summed E-state index contributed by atoms with van der Waals surface area (Å²) in [7, 11) is 0. The van der Waals surface area contributed by atoms with Crippen molar-refractivity contribution in [1.82, 2.24) is 25.2 Å². The fourth-order valence-corrected chi connectivity index (χ4v) is 2.50. The Morgan fingerprint density at radius 1 is 1.14 bits per heavy atom. The summed E-state index contributed by atoms with van der Waals surface area (Å²) in [5.74, 6) is 0. The van der Waals surface area contributed by atoms with Gasteiger partial charge in [0.1, 0.15) is 10.7 Å². The molecule has 0 aliphatic rings. The van der Waals surface area contributed by atoms with Crippen molar-refractivity contribution in [3.05, 3.63) is 52.3 Å². The molecule has 7 heteroatoms. The van der Waals surface area contributed by atoms with Gasteiger partial charge in [-0.15, -0.1) is 15.3 Å². The molecule has 21 heavy (non-hydrogen) atoms. The highest BCUT2D eigenvalue weighted by molar-refractivity contribution is 7.13. The quantitative estimate of drug-likeness (QED) is 0.798. The Morgan fingerprint density at radius 3 is 2.62 bits per heavy atom. The highest BCUT2D eigenvalue weighted by Crippen LogP contribution is 2.19. The Morgan fingerprint density at radius 2 is 1.95 bits per heavy atom. The summed E-state index contributed by atoms with van der Waals surface area (Å²) in [5, 5.41) is 27.0. The van der Waals surface area contributed by atoms with Crippen LogP contribution in [0.2, 0.25) is 0 Å². The first-order valence-corrected chi connectivity index (χ1v) is 7.18. The molecule has 3 rings (SSSR count). The van der Waals surface area contributed by atoms with Gasteiger partial charge in [0.25, 0.3) is 0 Å². The fourth-order valence-electron chi connectivity index (χ4n) is 1.85. The maximum absolute atomic E-state index is 9.40. The summed E-state index contributed by atoms with van der Waals surface area (Å²) < 4.78 is 1.59. The molecule has 1 N–H and O–H groups in total. The van der Waals surface area contributed by atoms with Gasteiger partial charge in [-0.2, -0.15) is 4.68 Å². The molecule has 0 spiro atoms. The molecule has 3 aromatic rings. The molecular weight excluding hydrogens is 286 g/mol. The fraction of sp³-hybridized carbons (Fsp3) is 0.143. The average molecular weight is 299 g/mol. The number of hydrogen-bond donors (Lipinski definition) is 1. The minimum Gasteiger partial charge on any atom is -0.390 e. The van der Waals surface area contributed by atoms with E-state index in [1.165, 1.54) is 11.3 Å². The molecule has 0 fully saturated rings. The molecule has 0 atom stereocenters. The summed E-state index contributed by atoms with van der Waals surface area (Å²) in [6, 6.07) is 9.90. The second-order valence-electron chi connectivity index (χ2n) is 4.34. The maximum atomic E-state index is 9.40. The van der Waals surface area contributed by atoms with Crippen molar-refractivity contribution in [1.29, 1.82) is 0 Å². The van der Waals surface area contributed by atoms with Crippen LogP contribution in [0.15, 0.2) is 30.3 Å². The van der Waals surface area contributed by atoms with Crippen LogP contribution in [0.3, 0.4) is 0 Å². The summed E-state index contributed by atoms with van der Waals surface area (Å²) in [4.78, 5) is 0. The summed E-state index contributed by atoms with van der Waals surface area (Å²) >= 11 is 1.42. The van der Waals surface area contributed by atoms with E-state index in [9.17, 15) is 5.11 Å². The Bertz CT molecular complexity index is 763. The van der Waals surface area contributed by atoms with Crippen molar-refractivity contribution < 1.29 is 5.11 Å². The van der Waals surface area contributed by atoms with Crippen molar-refractivity contribution in [2.75, 3.05) is 0 Å². The highest BCUT2D eigenvalue weighted by Gasteiger charge is 2.14. The van der Waals surface area contributed by atoms with Crippen molar-refractivity contribution in [3.63, 3.8) is 0 Å². The average Bonchev–Trinajstić information content (AvgIpc) is 3.11. The molecule has 0 aliphatic heterocycles. The molecule has 2 heterocycles. The number of aliphatic hydroxyl groups is 1. The van der Waals surface area contributed by atoms with Crippen molar-refractivity contribution in [2.24, 2.45) is 0 Å². The molecule has 0 saturated carbocycles. The topological polar surface area (TPSA) is 76.7 Å². The van der Waals surface area contributed by atoms with Gasteiger partial charge in [-0.3, -0.25) is 0 Å². The minimum absolute atomic E-state index is 0.174. The molecule has 0 aliphatic carbocycles. The zero-order valence-electron chi connectivity index (χ0n) is 11.3. The molecular formula is C14H13N5OS. The standard InChI is InChI=1S/C14H13N5OS/c1-10-15-17-14(21-10)19-13(12(9-20)16-18-19)8-7-11-5-3-2-4-6-11/h2-8,20H,9H2,1H3/b8-7+. The number of aryl methyl sites for hydroxylation is 1. The number of rotatable bonds is 4. The van der Waals surface area contributed by atoms with Crippen molar-refractivity contribution in [2.45, 2.75) is 13.5 Å². The lowest BCUT2D eigenvalue weighted by molar-refractivity contribution is 0.276. The van der Waals surface area contributed by atoms with E-state index in [0.717, 1.165) is 10.6 Å². The minimum atomic E-state index is -0.174. The Hall–Kier alpha value is -2.38. The number of aliphatic hydroxyl groups excluding tert-OH is 1. The van der Waals surface area contributed by atoms with Crippen molar-refractivity contribution in [3.8, 4) is 5.13 Å². The van der Waals surface area contributed by atoms with Crippen LogP contribution in [0.25, 0.3) is 17.3 Å².